The molecule has 0 unspecified atom stereocenters. The van der Waals surface area contributed by atoms with Gasteiger partial charge in [-0.05, 0) is 12.1 Å². The normalized spacial score (nSPS) is 10.6. The summed E-state index contributed by atoms with van der Waals surface area (Å²) >= 11 is 1.29. The first-order valence-corrected chi connectivity index (χ1v) is 7.82. The first-order valence-electron chi connectivity index (χ1n) is 6.94. The number of fused-ring (bicyclic) bond motifs is 1. The average molecular weight is 346 g/mol. The Morgan fingerprint density at radius 1 is 1.33 bits per heavy atom. The molecule has 3 aromatic rings. The minimum absolute atomic E-state index is 0.227. The lowest BCUT2D eigenvalue weighted by atomic mass is 10.1. The van der Waals surface area contributed by atoms with E-state index in [2.05, 4.69) is 15.4 Å². The molecule has 0 saturated heterocycles. The van der Waals surface area contributed by atoms with E-state index in [1.165, 1.54) is 31.8 Å². The molecule has 0 spiro atoms. The highest BCUT2D eigenvalue weighted by Crippen LogP contribution is 2.32. The second-order valence-electron chi connectivity index (χ2n) is 4.76. The summed E-state index contributed by atoms with van der Waals surface area (Å²) in [6.07, 6.45) is 3.09. The van der Waals surface area contributed by atoms with Gasteiger partial charge in [-0.3, -0.25) is 9.59 Å². The molecule has 2 heterocycles. The van der Waals surface area contributed by atoms with E-state index in [4.69, 9.17) is 9.47 Å². The maximum absolute atomic E-state index is 12.7. The summed E-state index contributed by atoms with van der Waals surface area (Å²) in [5.74, 6) is 0.365. The predicted molar refractivity (Wildman–Crippen MR) is 89.9 cm³/mol. The largest absolute Gasteiger partial charge is 0.493 e. The summed E-state index contributed by atoms with van der Waals surface area (Å²) in [5, 5.41) is 9.77. The Morgan fingerprint density at radius 3 is 2.83 bits per heavy atom. The van der Waals surface area contributed by atoms with E-state index in [9.17, 15) is 9.59 Å². The topological polar surface area (TPSA) is 95.3 Å². The van der Waals surface area contributed by atoms with Crippen molar-refractivity contribution in [1.29, 1.82) is 0 Å². The van der Waals surface area contributed by atoms with E-state index in [-0.39, 0.29) is 12.5 Å². The minimum atomic E-state index is -0.433. The first kappa shape index (κ1) is 15.9. The average Bonchev–Trinajstić information content (AvgIpc) is 3.09. The second kappa shape index (κ2) is 6.67. The third kappa shape index (κ3) is 2.93. The lowest BCUT2D eigenvalue weighted by Gasteiger charge is -2.11. The van der Waals surface area contributed by atoms with Gasteiger partial charge in [-0.2, -0.15) is 5.10 Å². The summed E-state index contributed by atoms with van der Waals surface area (Å²) in [6.45, 7) is -0.227. The van der Waals surface area contributed by atoms with Gasteiger partial charge in [0.2, 0.25) is 5.91 Å². The van der Waals surface area contributed by atoms with Crippen LogP contribution in [0.2, 0.25) is 0 Å². The molecule has 2 aromatic heterocycles. The number of thiazole rings is 1. The van der Waals surface area contributed by atoms with Gasteiger partial charge in [-0.1, -0.05) is 0 Å². The standard InChI is InChI=1S/C15H14N4O4S/c1-22-10-4-3-9-7-17-19(14(21)12(9)13(10)23-2)8-11(20)18-15-16-5-6-24-15/h3-7H,8H2,1-2H3,(H,16,18,20). The number of rotatable bonds is 5. The van der Waals surface area contributed by atoms with Crippen molar-refractivity contribution < 1.29 is 14.3 Å². The Hall–Kier alpha value is -2.94. The van der Waals surface area contributed by atoms with Crippen LogP contribution in [0, 0.1) is 0 Å². The summed E-state index contributed by atoms with van der Waals surface area (Å²) in [5.41, 5.74) is -0.433. The van der Waals surface area contributed by atoms with Gasteiger partial charge in [-0.15, -0.1) is 11.3 Å². The molecule has 0 radical (unpaired) electrons. The lowest BCUT2D eigenvalue weighted by molar-refractivity contribution is -0.117. The molecule has 3 rings (SSSR count). The van der Waals surface area contributed by atoms with Crippen LogP contribution in [0.1, 0.15) is 0 Å². The Balaban J connectivity index is 1.98. The van der Waals surface area contributed by atoms with E-state index in [1.54, 1.807) is 23.7 Å². The van der Waals surface area contributed by atoms with E-state index in [0.717, 1.165) is 4.68 Å². The van der Waals surface area contributed by atoms with Crippen LogP contribution in [-0.4, -0.2) is 34.9 Å². The van der Waals surface area contributed by atoms with E-state index in [0.29, 0.717) is 27.4 Å². The predicted octanol–water partition coefficient (Wildman–Crippen LogP) is 1.51. The van der Waals surface area contributed by atoms with Gasteiger partial charge in [-0.25, -0.2) is 9.67 Å². The minimum Gasteiger partial charge on any atom is -0.493 e. The van der Waals surface area contributed by atoms with Crippen LogP contribution in [0.5, 0.6) is 11.5 Å². The molecule has 0 aliphatic rings. The van der Waals surface area contributed by atoms with Crippen molar-refractivity contribution in [2.45, 2.75) is 6.54 Å². The first-order chi connectivity index (χ1) is 11.6. The number of aromatic nitrogens is 3. The Kier molecular flexibility index (Phi) is 4.43. The molecule has 1 N–H and O–H groups in total. The van der Waals surface area contributed by atoms with E-state index >= 15 is 0 Å². The van der Waals surface area contributed by atoms with Crippen LogP contribution in [0.4, 0.5) is 5.13 Å². The fourth-order valence-electron chi connectivity index (χ4n) is 2.28. The molecule has 124 valence electrons. The van der Waals surface area contributed by atoms with Gasteiger partial charge in [0, 0.05) is 17.0 Å². The molecule has 0 fully saturated rings. The molecule has 0 aliphatic heterocycles. The van der Waals surface area contributed by atoms with E-state index < -0.39 is 5.56 Å². The molecule has 0 bridgehead atoms. The SMILES string of the molecule is COc1ccc2cnn(CC(=O)Nc3nccs3)c(=O)c2c1OC. The lowest BCUT2D eigenvalue weighted by Crippen LogP contribution is -2.29. The van der Waals surface area contributed by atoms with Crippen LogP contribution in [0.25, 0.3) is 10.8 Å². The maximum Gasteiger partial charge on any atom is 0.279 e. The van der Waals surface area contributed by atoms with Crippen molar-refractivity contribution in [3.8, 4) is 11.5 Å². The highest BCUT2D eigenvalue weighted by molar-refractivity contribution is 7.13. The smallest absolute Gasteiger partial charge is 0.279 e. The number of hydrogen-bond donors (Lipinski definition) is 1. The second-order valence-corrected chi connectivity index (χ2v) is 5.65. The van der Waals surface area contributed by atoms with Crippen LogP contribution in [0.3, 0.4) is 0 Å². The summed E-state index contributed by atoms with van der Waals surface area (Å²) in [4.78, 5) is 28.7. The molecule has 1 aromatic carbocycles. The zero-order chi connectivity index (χ0) is 17.1. The highest BCUT2D eigenvalue weighted by atomic mass is 32.1. The number of ether oxygens (including phenoxy) is 2. The van der Waals surface area contributed by atoms with Crippen LogP contribution in [-0.2, 0) is 11.3 Å². The molecule has 0 aliphatic carbocycles. The van der Waals surface area contributed by atoms with Gasteiger partial charge in [0.25, 0.3) is 5.56 Å². The monoisotopic (exact) mass is 346 g/mol. The molecule has 0 atom stereocenters. The number of anilines is 1. The summed E-state index contributed by atoms with van der Waals surface area (Å²) < 4.78 is 11.6. The number of amides is 1. The Morgan fingerprint density at radius 2 is 2.17 bits per heavy atom. The zero-order valence-corrected chi connectivity index (χ0v) is 13.8. The Labute approximate surface area is 140 Å². The molecule has 8 nitrogen and oxygen atoms in total. The van der Waals surface area contributed by atoms with Gasteiger partial charge in [0.1, 0.15) is 6.54 Å². The number of carbonyl (C=O) groups is 1. The van der Waals surface area contributed by atoms with Crippen molar-refractivity contribution >= 4 is 33.1 Å². The maximum atomic E-state index is 12.7. The molecule has 1 amide bonds. The van der Waals surface area contributed by atoms with E-state index in [1.807, 2.05) is 0 Å². The van der Waals surface area contributed by atoms with Crippen LogP contribution < -0.4 is 20.3 Å². The molecular formula is C15H14N4O4S. The highest BCUT2D eigenvalue weighted by Gasteiger charge is 2.16. The number of nitrogens with one attached hydrogen (secondary N) is 1. The summed E-state index contributed by atoms with van der Waals surface area (Å²) in [7, 11) is 2.95. The Bertz CT molecular complexity index is 937. The zero-order valence-electron chi connectivity index (χ0n) is 13.0. The van der Waals surface area contributed by atoms with Crippen molar-refractivity contribution in [3.05, 3.63) is 40.3 Å². The van der Waals surface area contributed by atoms with Gasteiger partial charge in [0.05, 0.1) is 25.8 Å². The van der Waals surface area contributed by atoms with Gasteiger partial charge < -0.3 is 14.8 Å². The number of methoxy groups -OCH3 is 2. The number of carbonyl (C=O) groups excluding carboxylic acids is 1. The fraction of sp³-hybridized carbons (Fsp3) is 0.200. The van der Waals surface area contributed by atoms with Gasteiger partial charge in [0.15, 0.2) is 16.6 Å². The van der Waals surface area contributed by atoms with Crippen molar-refractivity contribution in [3.63, 3.8) is 0 Å². The third-order valence-corrected chi connectivity index (χ3v) is 4.02. The van der Waals surface area contributed by atoms with Gasteiger partial charge >= 0.3 is 0 Å². The van der Waals surface area contributed by atoms with Crippen molar-refractivity contribution in [2.75, 3.05) is 19.5 Å². The fourth-order valence-corrected chi connectivity index (χ4v) is 2.82. The number of nitrogens with zero attached hydrogens (tertiary/aromatic N) is 3. The number of hydrogen-bond acceptors (Lipinski definition) is 7. The molecule has 24 heavy (non-hydrogen) atoms. The molecular weight excluding hydrogens is 332 g/mol. The third-order valence-electron chi connectivity index (χ3n) is 3.33. The van der Waals surface area contributed by atoms with Crippen molar-refractivity contribution in [1.82, 2.24) is 14.8 Å². The quantitative estimate of drug-likeness (QED) is 0.752. The van der Waals surface area contributed by atoms with Crippen LogP contribution >= 0.6 is 11.3 Å². The molecule has 0 saturated carbocycles. The summed E-state index contributed by atoms with van der Waals surface area (Å²) in [6, 6.07) is 3.41. The molecule has 9 heteroatoms. The van der Waals surface area contributed by atoms with Crippen LogP contribution in [0.15, 0.2) is 34.7 Å². The number of benzene rings is 1. The van der Waals surface area contributed by atoms with Crippen molar-refractivity contribution in [2.24, 2.45) is 0 Å².